The summed E-state index contributed by atoms with van der Waals surface area (Å²) >= 11 is 0. The summed E-state index contributed by atoms with van der Waals surface area (Å²) in [5, 5.41) is 0. The average Bonchev–Trinajstić information content (AvgIpc) is 2.49. The largest absolute Gasteiger partial charge is 0.354 e. The van der Waals surface area contributed by atoms with Gasteiger partial charge in [-0.15, -0.1) is 0 Å². The summed E-state index contributed by atoms with van der Waals surface area (Å²) in [6, 6.07) is 6.23. The van der Waals surface area contributed by atoms with Crippen molar-refractivity contribution in [2.45, 2.75) is 77.8 Å². The number of nitrogens with one attached hydrogen (secondary N) is 1. The Morgan fingerprint density at radius 2 is 2.17 bits per heavy atom. The van der Waals surface area contributed by atoms with E-state index in [-0.39, 0.29) is 17.5 Å². The number of anilines is 1. The Balaban J connectivity index is 2.56. The van der Waals surface area contributed by atoms with Crippen molar-refractivity contribution < 1.29 is 4.79 Å². The fourth-order valence-corrected chi connectivity index (χ4v) is 4.12. The Labute approximate surface area is 140 Å². The van der Waals surface area contributed by atoms with Crippen LogP contribution in [0.5, 0.6) is 0 Å². The third kappa shape index (κ3) is 3.37. The molecule has 1 amide bonds. The van der Waals surface area contributed by atoms with E-state index in [1.165, 1.54) is 16.8 Å². The number of amides is 1. The third-order valence-electron chi connectivity index (χ3n) is 5.09. The van der Waals surface area contributed by atoms with Gasteiger partial charge in [0.15, 0.2) is 0 Å². The highest BCUT2D eigenvalue weighted by atomic mass is 16.2. The van der Waals surface area contributed by atoms with E-state index in [1.54, 1.807) is 0 Å². The number of nitrogens with two attached hydrogens (primary N) is 1. The predicted molar refractivity (Wildman–Crippen MR) is 96.4 cm³/mol. The molecular formula is C19H31N3O. The molecule has 4 heteroatoms. The maximum absolute atomic E-state index is 12.5. The number of fused-ring (bicyclic) bond motifs is 1. The van der Waals surface area contributed by atoms with Gasteiger partial charge in [-0.25, -0.2) is 5.84 Å². The molecule has 0 aromatic heterocycles. The van der Waals surface area contributed by atoms with Crippen LogP contribution in [-0.4, -0.2) is 17.5 Å². The third-order valence-corrected chi connectivity index (χ3v) is 5.09. The highest BCUT2D eigenvalue weighted by Crippen LogP contribution is 2.46. The van der Waals surface area contributed by atoms with Crippen LogP contribution in [0.1, 0.15) is 70.4 Å². The molecule has 0 bridgehead atoms. The van der Waals surface area contributed by atoms with E-state index >= 15 is 0 Å². The first-order valence-electron chi connectivity index (χ1n) is 8.72. The molecule has 1 heterocycles. The van der Waals surface area contributed by atoms with Gasteiger partial charge in [0.2, 0.25) is 0 Å². The van der Waals surface area contributed by atoms with Crippen molar-refractivity contribution in [2.75, 3.05) is 4.90 Å². The van der Waals surface area contributed by atoms with Gasteiger partial charge in [0, 0.05) is 11.2 Å². The predicted octanol–water partition coefficient (Wildman–Crippen LogP) is 3.64. The molecule has 2 atom stereocenters. The molecule has 0 unspecified atom stereocenters. The number of para-hydroxylation sites is 1. The minimum absolute atomic E-state index is 0.0799. The van der Waals surface area contributed by atoms with Crippen LogP contribution in [0.4, 0.5) is 5.69 Å². The van der Waals surface area contributed by atoms with E-state index in [0.717, 1.165) is 25.7 Å². The molecule has 23 heavy (non-hydrogen) atoms. The number of nitrogens with zero attached hydrogens (tertiary/aromatic N) is 1. The number of carbonyl (C=O) groups excluding carboxylic acids is 1. The molecule has 0 saturated heterocycles. The molecule has 3 N–H and O–H groups in total. The van der Waals surface area contributed by atoms with Crippen LogP contribution in [0, 0.1) is 6.92 Å². The lowest BCUT2D eigenvalue weighted by atomic mass is 9.77. The Bertz CT molecular complexity index is 568. The van der Waals surface area contributed by atoms with Crippen LogP contribution in [0.25, 0.3) is 0 Å². The Hall–Kier alpha value is -1.55. The number of aryl methyl sites for hydroxylation is 1. The highest BCUT2D eigenvalue weighted by molar-refractivity contribution is 5.86. The van der Waals surface area contributed by atoms with Crippen molar-refractivity contribution in [3.05, 3.63) is 29.3 Å². The number of carbonyl (C=O) groups is 1. The molecule has 1 aromatic rings. The summed E-state index contributed by atoms with van der Waals surface area (Å²) in [6.07, 6.45) is 3.94. The summed E-state index contributed by atoms with van der Waals surface area (Å²) in [5.74, 6) is 5.90. The van der Waals surface area contributed by atoms with Gasteiger partial charge in [-0.1, -0.05) is 44.9 Å². The lowest BCUT2D eigenvalue weighted by Gasteiger charge is -2.51. The Morgan fingerprint density at radius 1 is 1.48 bits per heavy atom. The monoisotopic (exact) mass is 317 g/mol. The van der Waals surface area contributed by atoms with Gasteiger partial charge in [-0.2, -0.15) is 0 Å². The second-order valence-corrected chi connectivity index (χ2v) is 7.47. The summed E-state index contributed by atoms with van der Waals surface area (Å²) < 4.78 is 0. The van der Waals surface area contributed by atoms with Gasteiger partial charge in [-0.3, -0.25) is 10.2 Å². The van der Waals surface area contributed by atoms with Crippen LogP contribution in [0.2, 0.25) is 0 Å². The summed E-state index contributed by atoms with van der Waals surface area (Å²) in [4.78, 5) is 14.9. The Morgan fingerprint density at radius 3 is 2.78 bits per heavy atom. The molecule has 0 saturated carbocycles. The maximum Gasteiger partial charge on any atom is 0.256 e. The van der Waals surface area contributed by atoms with Crippen LogP contribution < -0.4 is 16.2 Å². The fraction of sp³-hybridized carbons (Fsp3) is 0.632. The standard InChI is InChI=1S/C19H31N3O/c1-6-7-11-16(18(23)21-20)22-17-13(2)9-8-10-15(17)14(3)12-19(22,4)5/h8-10,14,16H,6-7,11-12,20H2,1-5H3,(H,21,23)/t14-,16+/m0/s1. The number of benzene rings is 1. The van der Waals surface area contributed by atoms with Crippen molar-refractivity contribution >= 4 is 11.6 Å². The summed E-state index contributed by atoms with van der Waals surface area (Å²) in [5.41, 5.74) is 6.11. The van der Waals surface area contributed by atoms with Crippen molar-refractivity contribution in [2.24, 2.45) is 5.84 Å². The van der Waals surface area contributed by atoms with Gasteiger partial charge < -0.3 is 4.90 Å². The Kier molecular flexibility index (Phi) is 5.35. The second-order valence-electron chi connectivity index (χ2n) is 7.47. The molecule has 1 aromatic carbocycles. The van der Waals surface area contributed by atoms with E-state index < -0.39 is 0 Å². The quantitative estimate of drug-likeness (QED) is 0.495. The topological polar surface area (TPSA) is 58.4 Å². The number of hydrogen-bond acceptors (Lipinski definition) is 3. The summed E-state index contributed by atoms with van der Waals surface area (Å²) in [6.45, 7) is 11.0. The molecule has 2 rings (SSSR count). The molecule has 0 aliphatic carbocycles. The maximum atomic E-state index is 12.5. The smallest absolute Gasteiger partial charge is 0.256 e. The first-order chi connectivity index (χ1) is 10.8. The first kappa shape index (κ1) is 17.8. The molecule has 4 nitrogen and oxygen atoms in total. The number of rotatable bonds is 5. The highest BCUT2D eigenvalue weighted by Gasteiger charge is 2.42. The van der Waals surface area contributed by atoms with Crippen LogP contribution in [-0.2, 0) is 4.79 Å². The van der Waals surface area contributed by atoms with E-state index in [1.807, 2.05) is 0 Å². The zero-order valence-electron chi connectivity index (χ0n) is 15.1. The van der Waals surface area contributed by atoms with Crippen LogP contribution in [0.3, 0.4) is 0 Å². The van der Waals surface area contributed by atoms with Crippen LogP contribution in [0.15, 0.2) is 18.2 Å². The van der Waals surface area contributed by atoms with Crippen molar-refractivity contribution in [1.29, 1.82) is 0 Å². The molecule has 0 radical (unpaired) electrons. The first-order valence-corrected chi connectivity index (χ1v) is 8.72. The van der Waals surface area contributed by atoms with Gasteiger partial charge in [0.05, 0.1) is 0 Å². The molecule has 0 spiro atoms. The minimum atomic E-state index is -0.220. The second kappa shape index (κ2) is 6.91. The van der Waals surface area contributed by atoms with Gasteiger partial charge in [-0.05, 0) is 50.7 Å². The summed E-state index contributed by atoms with van der Waals surface area (Å²) in [7, 11) is 0. The van der Waals surface area contributed by atoms with E-state index in [9.17, 15) is 4.79 Å². The molecule has 128 valence electrons. The fourth-order valence-electron chi connectivity index (χ4n) is 4.12. The van der Waals surface area contributed by atoms with Gasteiger partial charge >= 0.3 is 0 Å². The lowest BCUT2D eigenvalue weighted by molar-refractivity contribution is -0.123. The van der Waals surface area contributed by atoms with Crippen molar-refractivity contribution in [3.8, 4) is 0 Å². The number of hydrogen-bond donors (Lipinski definition) is 2. The van der Waals surface area contributed by atoms with Crippen molar-refractivity contribution in [1.82, 2.24) is 5.43 Å². The van der Waals surface area contributed by atoms with Crippen molar-refractivity contribution in [3.63, 3.8) is 0 Å². The van der Waals surface area contributed by atoms with E-state index in [2.05, 4.69) is 63.1 Å². The zero-order chi connectivity index (χ0) is 17.2. The van der Waals surface area contributed by atoms with Crippen LogP contribution >= 0.6 is 0 Å². The number of unbranched alkanes of at least 4 members (excludes halogenated alkanes) is 1. The molecular weight excluding hydrogens is 286 g/mol. The van der Waals surface area contributed by atoms with E-state index in [4.69, 9.17) is 5.84 Å². The van der Waals surface area contributed by atoms with Gasteiger partial charge in [0.1, 0.15) is 6.04 Å². The van der Waals surface area contributed by atoms with E-state index in [0.29, 0.717) is 5.92 Å². The minimum Gasteiger partial charge on any atom is -0.354 e. The van der Waals surface area contributed by atoms with Gasteiger partial charge in [0.25, 0.3) is 5.91 Å². The normalized spacial score (nSPS) is 20.8. The average molecular weight is 317 g/mol. The lowest BCUT2D eigenvalue weighted by Crippen LogP contribution is -2.59. The molecule has 0 fully saturated rings. The number of hydrazine groups is 1. The zero-order valence-corrected chi connectivity index (χ0v) is 15.1. The molecule has 1 aliphatic rings. The SMILES string of the molecule is CCCC[C@H](C(=O)NN)N1c2c(C)cccc2[C@@H](C)CC1(C)C. The molecule has 1 aliphatic heterocycles.